The fourth-order valence-electron chi connectivity index (χ4n) is 11.2. The molecule has 16 aromatic rings. The number of hydrogen-bond donors (Lipinski definition) is 0. The second-order valence-corrected chi connectivity index (χ2v) is 18.7. The lowest BCUT2D eigenvalue weighted by Crippen LogP contribution is -1.93. The summed E-state index contributed by atoms with van der Waals surface area (Å²) in [5.41, 5.74) is 14.3. The Kier molecular flexibility index (Phi) is 6.64. The number of hydrogen-bond acceptors (Lipinski definition) is 4. The van der Waals surface area contributed by atoms with Crippen molar-refractivity contribution in [1.82, 2.24) is 9.13 Å². The first-order chi connectivity index (χ1) is 32.7. The summed E-state index contributed by atoms with van der Waals surface area (Å²) in [6, 6.07) is 70.0. The van der Waals surface area contributed by atoms with E-state index in [1.54, 1.807) is 0 Å². The number of para-hydroxylation sites is 3. The van der Waals surface area contributed by atoms with Gasteiger partial charge in [-0.15, -0.1) is 11.3 Å². The number of fused-ring (bicyclic) bond motifs is 18. The molecule has 0 saturated carbocycles. The highest BCUT2D eigenvalue weighted by atomic mass is 32.1. The van der Waals surface area contributed by atoms with Gasteiger partial charge >= 0.3 is 0 Å². The van der Waals surface area contributed by atoms with E-state index < -0.39 is 0 Å². The van der Waals surface area contributed by atoms with Crippen LogP contribution in [-0.4, -0.2) is 9.13 Å². The van der Waals surface area contributed by atoms with E-state index >= 15 is 0 Å². The molecule has 306 valence electrons. The topological polar surface area (TPSA) is 49.3 Å². The van der Waals surface area contributed by atoms with Crippen LogP contribution in [0.5, 0.6) is 0 Å². The van der Waals surface area contributed by atoms with Gasteiger partial charge in [0.25, 0.3) is 0 Å². The molecule has 5 nitrogen and oxygen atoms in total. The molecule has 0 fully saturated rings. The van der Waals surface area contributed by atoms with Gasteiger partial charge in [0.05, 0.1) is 22.1 Å². The Hall–Kier alpha value is -8.58. The van der Waals surface area contributed by atoms with Crippen molar-refractivity contribution < 1.29 is 13.3 Å². The van der Waals surface area contributed by atoms with Gasteiger partial charge in [0.1, 0.15) is 33.5 Å². The molecule has 66 heavy (non-hydrogen) atoms. The highest BCUT2D eigenvalue weighted by molar-refractivity contribution is 7.25. The van der Waals surface area contributed by atoms with Crippen molar-refractivity contribution in [2.24, 2.45) is 0 Å². The highest BCUT2D eigenvalue weighted by Crippen LogP contribution is 2.45. The molecule has 10 aromatic carbocycles. The summed E-state index contributed by atoms with van der Waals surface area (Å²) >= 11 is 1.85. The van der Waals surface area contributed by atoms with Gasteiger partial charge in [-0.25, -0.2) is 0 Å². The third-order valence-electron chi connectivity index (χ3n) is 14.1. The van der Waals surface area contributed by atoms with E-state index in [1.807, 2.05) is 29.5 Å². The summed E-state index contributed by atoms with van der Waals surface area (Å²) < 4.78 is 27.0. The average molecular weight is 861 g/mol. The zero-order chi connectivity index (χ0) is 42.8. The lowest BCUT2D eigenvalue weighted by atomic mass is 9.97. The van der Waals surface area contributed by atoms with Gasteiger partial charge in [-0.05, 0) is 108 Å². The molecule has 16 rings (SSSR count). The Labute approximate surface area is 378 Å². The Morgan fingerprint density at radius 1 is 0.288 bits per heavy atom. The number of nitrogens with zero attached hydrogens (tertiary/aromatic N) is 2. The van der Waals surface area contributed by atoms with Crippen LogP contribution in [0, 0.1) is 0 Å². The largest absolute Gasteiger partial charge is 0.456 e. The third kappa shape index (κ3) is 4.62. The molecule has 0 saturated heterocycles. The van der Waals surface area contributed by atoms with Gasteiger partial charge in [-0.2, -0.15) is 0 Å². The van der Waals surface area contributed by atoms with Crippen molar-refractivity contribution in [1.29, 1.82) is 0 Å². The van der Waals surface area contributed by atoms with Crippen LogP contribution in [0.4, 0.5) is 0 Å². The van der Waals surface area contributed by atoms with Crippen LogP contribution < -0.4 is 0 Å². The molecule has 6 heteroatoms. The Balaban J connectivity index is 0.904. The minimum atomic E-state index is 0.846. The minimum absolute atomic E-state index is 0.846. The van der Waals surface area contributed by atoms with E-state index in [1.165, 1.54) is 30.9 Å². The molecule has 0 aliphatic heterocycles. The molecule has 0 spiro atoms. The smallest absolute Gasteiger partial charge is 0.137 e. The number of aromatic nitrogens is 2. The third-order valence-corrected chi connectivity index (χ3v) is 15.3. The highest BCUT2D eigenvalue weighted by Gasteiger charge is 2.22. The molecule has 0 N–H and O–H groups in total. The number of thiophene rings is 1. The molecular weight excluding hydrogens is 829 g/mol. The maximum Gasteiger partial charge on any atom is 0.137 e. The summed E-state index contributed by atoms with van der Waals surface area (Å²) in [4.78, 5) is 0. The quantitative estimate of drug-likeness (QED) is 0.178. The van der Waals surface area contributed by atoms with Crippen LogP contribution in [-0.2, 0) is 0 Å². The van der Waals surface area contributed by atoms with Crippen LogP contribution in [0.1, 0.15) is 0 Å². The van der Waals surface area contributed by atoms with E-state index in [2.05, 4.69) is 185 Å². The summed E-state index contributed by atoms with van der Waals surface area (Å²) in [5.74, 6) is 0. The molecule has 6 heterocycles. The minimum Gasteiger partial charge on any atom is -0.456 e. The van der Waals surface area contributed by atoms with E-state index in [0.29, 0.717) is 0 Å². The van der Waals surface area contributed by atoms with Crippen molar-refractivity contribution in [3.63, 3.8) is 0 Å². The van der Waals surface area contributed by atoms with E-state index in [-0.39, 0.29) is 0 Å². The van der Waals surface area contributed by atoms with Gasteiger partial charge < -0.3 is 22.4 Å². The zero-order valence-electron chi connectivity index (χ0n) is 35.0. The van der Waals surface area contributed by atoms with Crippen LogP contribution in [0.15, 0.2) is 207 Å². The maximum absolute atomic E-state index is 6.73. The Morgan fingerprint density at radius 3 is 1.65 bits per heavy atom. The lowest BCUT2D eigenvalue weighted by molar-refractivity contribution is 0.668. The monoisotopic (exact) mass is 860 g/mol. The van der Waals surface area contributed by atoms with Gasteiger partial charge in [0, 0.05) is 91.5 Å². The van der Waals surface area contributed by atoms with Crippen molar-refractivity contribution in [2.45, 2.75) is 0 Å². The molecule has 6 aromatic heterocycles. The Morgan fingerprint density at radius 2 is 0.848 bits per heavy atom. The molecule has 0 amide bonds. The fourth-order valence-corrected chi connectivity index (χ4v) is 12.3. The predicted molar refractivity (Wildman–Crippen MR) is 275 cm³/mol. The number of benzene rings is 10. The first-order valence-electron chi connectivity index (χ1n) is 22.3. The molecule has 0 bridgehead atoms. The SMILES string of the molecule is c1ccc2c(c1)oc1cc3c4ccccc4n(-c4ccc5c(c4)oc4ccc(-c6cccc7c6c6cc8oc9ccccc9c8cc6n7-c6ccc7sc8ccccc8c7c6)cc45)c3cc12. The van der Waals surface area contributed by atoms with Crippen molar-refractivity contribution in [3.05, 3.63) is 194 Å². The van der Waals surface area contributed by atoms with Gasteiger partial charge in [-0.1, -0.05) is 91.0 Å². The fraction of sp³-hybridized carbons (Fsp3) is 0. The molecule has 0 radical (unpaired) electrons. The molecule has 0 unspecified atom stereocenters. The summed E-state index contributed by atoms with van der Waals surface area (Å²) in [6.07, 6.45) is 0. The first-order valence-corrected chi connectivity index (χ1v) is 23.1. The zero-order valence-corrected chi connectivity index (χ0v) is 35.8. The molecule has 0 aliphatic rings. The standard InChI is InChI=1S/C60H32N2O3S/c1-5-15-48-37(10-1)42-31-56-44(38-11-2-6-17-52(38)63-56)29-50(42)61(48)35-21-23-40-43-26-33(20-24-54(43)65-55(40)28-35)36-14-9-16-49-60(36)47-32-57-45(39-12-3-7-18-53(39)64-57)30-51(47)62(49)34-22-25-59-46(27-34)41-13-4-8-19-58(41)66-59/h1-32H. The van der Waals surface area contributed by atoms with Gasteiger partial charge in [-0.3, -0.25) is 0 Å². The van der Waals surface area contributed by atoms with Crippen LogP contribution in [0.3, 0.4) is 0 Å². The summed E-state index contributed by atoms with van der Waals surface area (Å²) in [5, 5.41) is 13.9. The van der Waals surface area contributed by atoms with E-state index in [9.17, 15) is 0 Å². The molecule has 0 aliphatic carbocycles. The summed E-state index contributed by atoms with van der Waals surface area (Å²) in [6.45, 7) is 0. The predicted octanol–water partition coefficient (Wildman–Crippen LogP) is 17.6. The van der Waals surface area contributed by atoms with Crippen molar-refractivity contribution in [3.8, 4) is 22.5 Å². The number of rotatable bonds is 3. The number of furan rings is 3. The van der Waals surface area contributed by atoms with Gasteiger partial charge in [0.15, 0.2) is 0 Å². The second kappa shape index (κ2) is 12.6. The van der Waals surface area contributed by atoms with Crippen molar-refractivity contribution in [2.75, 3.05) is 0 Å². The molecule has 0 atom stereocenters. The first kappa shape index (κ1) is 34.9. The van der Waals surface area contributed by atoms with Crippen LogP contribution in [0.2, 0.25) is 0 Å². The van der Waals surface area contributed by atoms with E-state index in [0.717, 1.165) is 121 Å². The van der Waals surface area contributed by atoms with E-state index in [4.69, 9.17) is 13.3 Å². The van der Waals surface area contributed by atoms with Gasteiger partial charge in [0.2, 0.25) is 0 Å². The lowest BCUT2D eigenvalue weighted by Gasteiger charge is -2.10. The maximum atomic E-state index is 6.73. The summed E-state index contributed by atoms with van der Waals surface area (Å²) in [7, 11) is 0. The van der Waals surface area contributed by atoms with Crippen LogP contribution in [0.25, 0.3) is 152 Å². The van der Waals surface area contributed by atoms with Crippen LogP contribution >= 0.6 is 11.3 Å². The Bertz CT molecular complexity index is 4780. The normalized spacial score (nSPS) is 12.5. The average Bonchev–Trinajstić information content (AvgIpc) is 4.21. The molecular formula is C60H32N2O3S. The van der Waals surface area contributed by atoms with Crippen molar-refractivity contribution >= 4 is 141 Å². The second-order valence-electron chi connectivity index (χ2n) is 17.6.